The molecular formula is C10H11Cl2NO. The minimum atomic E-state index is -0.514. The number of pyridine rings is 1. The first-order valence-electron chi connectivity index (χ1n) is 4.18. The van der Waals surface area contributed by atoms with Crippen LogP contribution in [-0.4, -0.2) is 10.2 Å². The Kier molecular flexibility index (Phi) is 3.17. The minimum Gasteiger partial charge on any atom is -0.276 e. The van der Waals surface area contributed by atoms with E-state index in [2.05, 4.69) is 4.98 Å². The van der Waals surface area contributed by atoms with E-state index in [-0.39, 0.29) is 5.41 Å². The van der Waals surface area contributed by atoms with Crippen LogP contribution in [0.5, 0.6) is 0 Å². The van der Waals surface area contributed by atoms with E-state index >= 15 is 0 Å². The molecule has 1 aromatic rings. The van der Waals surface area contributed by atoms with Crippen molar-refractivity contribution in [3.05, 3.63) is 28.5 Å². The molecule has 0 N–H and O–H groups in total. The van der Waals surface area contributed by atoms with Gasteiger partial charge in [-0.25, -0.2) is 4.98 Å². The summed E-state index contributed by atoms with van der Waals surface area (Å²) >= 11 is 11.2. The van der Waals surface area contributed by atoms with Crippen LogP contribution in [0.1, 0.15) is 36.8 Å². The summed E-state index contributed by atoms with van der Waals surface area (Å²) in [7, 11) is 0. The maximum atomic E-state index is 11.0. The van der Waals surface area contributed by atoms with Crippen LogP contribution in [0.25, 0.3) is 0 Å². The molecule has 2 nitrogen and oxygen atoms in total. The number of hydrogen-bond acceptors (Lipinski definition) is 2. The Bertz CT molecular complexity index is 369. The zero-order valence-electron chi connectivity index (χ0n) is 8.27. The van der Waals surface area contributed by atoms with Crippen molar-refractivity contribution in [1.82, 2.24) is 4.98 Å². The summed E-state index contributed by atoms with van der Waals surface area (Å²) in [6.45, 7) is 5.98. The summed E-state index contributed by atoms with van der Waals surface area (Å²) in [5.74, 6) is 0. The smallest absolute Gasteiger partial charge is 0.252 e. The molecule has 0 aliphatic rings. The van der Waals surface area contributed by atoms with Gasteiger partial charge in [0.1, 0.15) is 5.15 Å². The van der Waals surface area contributed by atoms with Gasteiger partial charge in [0.25, 0.3) is 5.24 Å². The molecule has 0 saturated carbocycles. The van der Waals surface area contributed by atoms with E-state index in [4.69, 9.17) is 23.2 Å². The molecule has 1 aromatic heterocycles. The molecule has 0 atom stereocenters. The Morgan fingerprint density at radius 1 is 1.36 bits per heavy atom. The first-order chi connectivity index (χ1) is 6.30. The average molecular weight is 232 g/mol. The normalized spacial score (nSPS) is 11.5. The zero-order chi connectivity index (χ0) is 10.9. The number of carbonyl (C=O) groups is 1. The topological polar surface area (TPSA) is 30.0 Å². The Morgan fingerprint density at radius 2 is 1.93 bits per heavy atom. The van der Waals surface area contributed by atoms with E-state index < -0.39 is 5.24 Å². The van der Waals surface area contributed by atoms with Crippen molar-refractivity contribution >= 4 is 28.4 Å². The third-order valence-corrected chi connectivity index (χ3v) is 2.20. The molecule has 1 heterocycles. The lowest BCUT2D eigenvalue weighted by Crippen LogP contribution is -2.14. The minimum absolute atomic E-state index is 0.147. The molecule has 0 aromatic carbocycles. The Balaban J connectivity index is 3.28. The third-order valence-electron chi connectivity index (χ3n) is 1.79. The molecule has 0 bridgehead atoms. The molecule has 0 spiro atoms. The highest BCUT2D eigenvalue weighted by Gasteiger charge is 2.18. The van der Waals surface area contributed by atoms with Crippen molar-refractivity contribution in [2.24, 2.45) is 0 Å². The fourth-order valence-corrected chi connectivity index (χ4v) is 1.31. The summed E-state index contributed by atoms with van der Waals surface area (Å²) in [6.07, 6.45) is 0. The Labute approximate surface area is 93.2 Å². The summed E-state index contributed by atoms with van der Waals surface area (Å²) in [6, 6.07) is 3.13. The molecule has 0 saturated heterocycles. The second-order valence-electron chi connectivity index (χ2n) is 4.09. The van der Waals surface area contributed by atoms with Gasteiger partial charge < -0.3 is 0 Å². The van der Waals surface area contributed by atoms with Crippen LogP contribution in [-0.2, 0) is 5.41 Å². The van der Waals surface area contributed by atoms with Gasteiger partial charge in [0.15, 0.2) is 0 Å². The van der Waals surface area contributed by atoms with E-state index in [1.807, 2.05) is 20.8 Å². The van der Waals surface area contributed by atoms with Gasteiger partial charge in [0, 0.05) is 16.7 Å². The molecule has 0 aliphatic carbocycles. The number of halogens is 2. The molecule has 14 heavy (non-hydrogen) atoms. The van der Waals surface area contributed by atoms with Crippen molar-refractivity contribution in [3.8, 4) is 0 Å². The second kappa shape index (κ2) is 3.87. The van der Waals surface area contributed by atoms with Gasteiger partial charge in [-0.3, -0.25) is 4.79 Å². The molecule has 76 valence electrons. The van der Waals surface area contributed by atoms with Crippen LogP contribution < -0.4 is 0 Å². The SMILES string of the molecule is CC(C)(C)c1cc(C(=O)Cl)cc(Cl)n1. The number of nitrogens with zero attached hydrogens (tertiary/aromatic N) is 1. The molecule has 4 heteroatoms. The summed E-state index contributed by atoms with van der Waals surface area (Å²) in [5, 5.41) is -0.221. The van der Waals surface area contributed by atoms with Crippen molar-refractivity contribution in [3.63, 3.8) is 0 Å². The first kappa shape index (κ1) is 11.5. The van der Waals surface area contributed by atoms with E-state index in [0.717, 1.165) is 5.69 Å². The third kappa shape index (κ3) is 2.69. The molecule has 0 amide bonds. The highest BCUT2D eigenvalue weighted by atomic mass is 35.5. The van der Waals surface area contributed by atoms with Crippen LogP contribution in [0.2, 0.25) is 5.15 Å². The number of rotatable bonds is 1. The van der Waals surface area contributed by atoms with Gasteiger partial charge in [0.2, 0.25) is 0 Å². The Morgan fingerprint density at radius 3 is 2.36 bits per heavy atom. The van der Waals surface area contributed by atoms with Gasteiger partial charge >= 0.3 is 0 Å². The standard InChI is InChI=1S/C10H11Cl2NO/c1-10(2,3)7-4-6(9(12)14)5-8(11)13-7/h4-5H,1-3H3. The Hall–Kier alpha value is -0.600. The average Bonchev–Trinajstić information content (AvgIpc) is 2.01. The zero-order valence-corrected chi connectivity index (χ0v) is 9.78. The van der Waals surface area contributed by atoms with Crippen LogP contribution in [0.15, 0.2) is 12.1 Å². The summed E-state index contributed by atoms with van der Waals surface area (Å²) < 4.78 is 0. The first-order valence-corrected chi connectivity index (χ1v) is 4.94. The molecule has 0 fully saturated rings. The predicted octanol–water partition coefficient (Wildman–Crippen LogP) is 3.41. The van der Waals surface area contributed by atoms with Crippen molar-refractivity contribution < 1.29 is 4.79 Å². The van der Waals surface area contributed by atoms with Crippen LogP contribution in [0, 0.1) is 0 Å². The highest BCUT2D eigenvalue weighted by molar-refractivity contribution is 6.67. The maximum absolute atomic E-state index is 11.0. The maximum Gasteiger partial charge on any atom is 0.252 e. The lowest BCUT2D eigenvalue weighted by molar-refractivity contribution is 0.108. The van der Waals surface area contributed by atoms with E-state index in [9.17, 15) is 4.79 Å². The lowest BCUT2D eigenvalue weighted by atomic mass is 9.91. The summed E-state index contributed by atoms with van der Waals surface area (Å²) in [4.78, 5) is 15.1. The van der Waals surface area contributed by atoms with Crippen molar-refractivity contribution in [2.45, 2.75) is 26.2 Å². The van der Waals surface area contributed by atoms with E-state index in [1.54, 1.807) is 6.07 Å². The second-order valence-corrected chi connectivity index (χ2v) is 4.82. The molecule has 0 radical (unpaired) electrons. The van der Waals surface area contributed by atoms with Gasteiger partial charge in [-0.05, 0) is 23.7 Å². The largest absolute Gasteiger partial charge is 0.276 e. The van der Waals surface area contributed by atoms with E-state index in [0.29, 0.717) is 10.7 Å². The van der Waals surface area contributed by atoms with Gasteiger partial charge in [-0.15, -0.1) is 0 Å². The lowest BCUT2D eigenvalue weighted by Gasteiger charge is -2.18. The number of carbonyl (C=O) groups excluding carboxylic acids is 1. The molecule has 0 aliphatic heterocycles. The van der Waals surface area contributed by atoms with Crippen LogP contribution >= 0.6 is 23.2 Å². The molecule has 0 unspecified atom stereocenters. The fourth-order valence-electron chi connectivity index (χ4n) is 0.995. The monoisotopic (exact) mass is 231 g/mol. The summed E-state index contributed by atoms with van der Waals surface area (Å²) in [5.41, 5.74) is 0.997. The fraction of sp³-hybridized carbons (Fsp3) is 0.400. The van der Waals surface area contributed by atoms with Crippen LogP contribution in [0.4, 0.5) is 0 Å². The molecular weight excluding hydrogens is 221 g/mol. The quantitative estimate of drug-likeness (QED) is 0.548. The van der Waals surface area contributed by atoms with Gasteiger partial charge in [-0.2, -0.15) is 0 Å². The number of hydrogen-bond donors (Lipinski definition) is 0. The van der Waals surface area contributed by atoms with Crippen molar-refractivity contribution in [2.75, 3.05) is 0 Å². The van der Waals surface area contributed by atoms with Crippen molar-refractivity contribution in [1.29, 1.82) is 0 Å². The predicted molar refractivity (Wildman–Crippen MR) is 58.1 cm³/mol. The van der Waals surface area contributed by atoms with E-state index in [1.165, 1.54) is 6.07 Å². The van der Waals surface area contributed by atoms with Crippen LogP contribution in [0.3, 0.4) is 0 Å². The van der Waals surface area contributed by atoms with Gasteiger partial charge in [-0.1, -0.05) is 32.4 Å². The highest BCUT2D eigenvalue weighted by Crippen LogP contribution is 2.23. The number of aromatic nitrogens is 1. The van der Waals surface area contributed by atoms with Gasteiger partial charge in [0.05, 0.1) is 0 Å². The molecule has 1 rings (SSSR count).